The van der Waals surface area contributed by atoms with E-state index in [-0.39, 0.29) is 34.7 Å². The Hall–Kier alpha value is -1.62. The summed E-state index contributed by atoms with van der Waals surface area (Å²) in [5, 5.41) is -0.102. The molecule has 0 aliphatic carbocycles. The monoisotopic (exact) mass is 468 g/mol. The topological polar surface area (TPSA) is 78.0 Å². The van der Waals surface area contributed by atoms with Gasteiger partial charge in [0.15, 0.2) is 8.32 Å². The van der Waals surface area contributed by atoms with Crippen molar-refractivity contribution in [3.63, 3.8) is 0 Å². The summed E-state index contributed by atoms with van der Waals surface area (Å²) < 4.78 is 16.7. The van der Waals surface area contributed by atoms with E-state index >= 15 is 0 Å². The molecule has 30 heavy (non-hydrogen) atoms. The van der Waals surface area contributed by atoms with Crippen molar-refractivity contribution < 1.29 is 23.5 Å². The lowest BCUT2D eigenvalue weighted by Crippen LogP contribution is -2.59. The van der Waals surface area contributed by atoms with Crippen LogP contribution in [0, 0.1) is 12.8 Å². The van der Waals surface area contributed by atoms with Gasteiger partial charge in [-0.25, -0.2) is 9.78 Å². The van der Waals surface area contributed by atoms with Crippen LogP contribution in [0.15, 0.2) is 24.0 Å². The number of fused-ring (bicyclic) bond motifs is 1. The molecule has 1 amide bonds. The maximum absolute atomic E-state index is 13.0. The van der Waals surface area contributed by atoms with Crippen molar-refractivity contribution in [3.05, 3.63) is 34.6 Å². The summed E-state index contributed by atoms with van der Waals surface area (Å²) in [6.45, 7) is 16.7. The molecule has 0 bridgehead atoms. The van der Waals surface area contributed by atoms with Crippen molar-refractivity contribution in [2.75, 3.05) is 13.2 Å². The summed E-state index contributed by atoms with van der Waals surface area (Å²) in [6, 6.07) is 0. The van der Waals surface area contributed by atoms with Gasteiger partial charge in [-0.3, -0.25) is 9.69 Å². The minimum atomic E-state index is -1.98. The summed E-state index contributed by atoms with van der Waals surface area (Å²) in [4.78, 5) is 32.5. The second kappa shape index (κ2) is 8.49. The van der Waals surface area contributed by atoms with E-state index in [1.165, 1.54) is 34.1 Å². The summed E-state index contributed by atoms with van der Waals surface area (Å²) in [5.74, 6) is -0.160. The summed E-state index contributed by atoms with van der Waals surface area (Å²) in [5.41, 5.74) is 2.56. The zero-order chi connectivity index (χ0) is 22.3. The molecule has 0 N–H and O–H groups in total. The van der Waals surface area contributed by atoms with Crippen LogP contribution in [0.5, 0.6) is 0 Å². The first-order valence-corrected chi connectivity index (χ1v) is 14.4. The minimum absolute atomic E-state index is 0.0362. The number of hydrogen-bond donors (Lipinski definition) is 0. The van der Waals surface area contributed by atoms with Crippen LogP contribution in [-0.4, -0.2) is 48.9 Å². The number of β-lactam (4-membered cyclic amide) rings is 1. The number of thioether (sulfide) groups is 1. The molecule has 2 aliphatic rings. The lowest BCUT2D eigenvalue weighted by molar-refractivity contribution is -0.151. The zero-order valence-corrected chi connectivity index (χ0v) is 20.8. The molecule has 0 aromatic carbocycles. The molecule has 3 rings (SSSR count). The van der Waals surface area contributed by atoms with Crippen LogP contribution in [0.2, 0.25) is 18.1 Å². The van der Waals surface area contributed by atoms with E-state index < -0.39 is 14.5 Å². The lowest BCUT2D eigenvalue weighted by atomic mass is 10.00. The van der Waals surface area contributed by atoms with Gasteiger partial charge in [0.2, 0.25) is 11.8 Å². The van der Waals surface area contributed by atoms with Crippen LogP contribution in [0.4, 0.5) is 4.79 Å². The lowest BCUT2D eigenvalue weighted by Gasteiger charge is -2.44. The van der Waals surface area contributed by atoms with Crippen molar-refractivity contribution in [1.82, 2.24) is 9.88 Å². The third-order valence-corrected chi connectivity index (χ3v) is 12.7. The van der Waals surface area contributed by atoms with Crippen molar-refractivity contribution in [2.45, 2.75) is 51.2 Å². The first kappa shape index (κ1) is 23.0. The van der Waals surface area contributed by atoms with Crippen LogP contribution in [0.25, 0.3) is 4.91 Å². The Labute approximate surface area is 186 Å². The second-order valence-electron chi connectivity index (χ2n) is 8.75. The molecule has 164 valence electrons. The predicted octanol–water partition coefficient (Wildman–Crippen LogP) is 4.97. The quantitative estimate of drug-likeness (QED) is 0.242. The number of carbonyl (C=O) groups excluding carboxylic acids is 2. The fourth-order valence-corrected chi connectivity index (χ4v) is 6.28. The molecule has 0 spiro atoms. The van der Waals surface area contributed by atoms with E-state index in [1.807, 2.05) is 6.92 Å². The van der Waals surface area contributed by atoms with Gasteiger partial charge in [-0.1, -0.05) is 45.2 Å². The van der Waals surface area contributed by atoms with E-state index in [1.54, 1.807) is 5.51 Å². The number of hydrogen-bond acceptors (Lipinski definition) is 8. The summed E-state index contributed by atoms with van der Waals surface area (Å²) in [6.07, 6.45) is 0.596. The Morgan fingerprint density at radius 1 is 1.40 bits per heavy atom. The molecule has 2 aliphatic heterocycles. The molecule has 0 radical (unpaired) electrons. The number of nitrogens with zero attached hydrogens (tertiary/aromatic N) is 2. The molecule has 10 heteroatoms. The van der Waals surface area contributed by atoms with Gasteiger partial charge >= 0.3 is 6.16 Å². The van der Waals surface area contributed by atoms with Gasteiger partial charge < -0.3 is 13.9 Å². The largest absolute Gasteiger partial charge is 0.515 e. The molecule has 1 aromatic heterocycles. The van der Waals surface area contributed by atoms with Gasteiger partial charge in [0.05, 0.1) is 26.9 Å². The maximum atomic E-state index is 13.0. The van der Waals surface area contributed by atoms with Crippen molar-refractivity contribution in [2.24, 2.45) is 5.92 Å². The Balaban J connectivity index is 1.80. The van der Waals surface area contributed by atoms with Crippen molar-refractivity contribution >= 4 is 48.4 Å². The van der Waals surface area contributed by atoms with E-state index in [0.29, 0.717) is 6.61 Å². The number of thiazole rings is 1. The van der Waals surface area contributed by atoms with Crippen LogP contribution in [0.1, 0.15) is 31.3 Å². The highest BCUT2D eigenvalue weighted by molar-refractivity contribution is 8.09. The van der Waals surface area contributed by atoms with Gasteiger partial charge in [-0.05, 0) is 25.1 Å². The number of rotatable bonds is 7. The molecule has 1 fully saturated rings. The zero-order valence-electron chi connectivity index (χ0n) is 18.2. The molecule has 3 heterocycles. The van der Waals surface area contributed by atoms with Crippen LogP contribution in [-0.2, 0) is 18.7 Å². The van der Waals surface area contributed by atoms with Crippen molar-refractivity contribution in [1.29, 1.82) is 0 Å². The van der Waals surface area contributed by atoms with E-state index in [2.05, 4.69) is 45.4 Å². The Morgan fingerprint density at radius 2 is 2.10 bits per heavy atom. The van der Waals surface area contributed by atoms with Gasteiger partial charge in [-0.15, -0.1) is 11.3 Å². The average Bonchev–Trinajstić information content (AvgIpc) is 3.20. The number of amides is 1. The molecule has 0 saturated carbocycles. The highest BCUT2D eigenvalue weighted by Gasteiger charge is 2.57. The number of ether oxygens (including phenoxy) is 2. The second-order valence-corrected chi connectivity index (χ2v) is 15.5. The number of aryl methyl sites for hydroxylation is 1. The summed E-state index contributed by atoms with van der Waals surface area (Å²) in [7, 11) is -1.98. The SMILES string of the molecule is C=CCOC(=O)OC1=C(c2scnc2C)S[C@@H]2[C@@H](CO[Si](C)(C)C(C)(C)C)C(=O)N12. The van der Waals surface area contributed by atoms with E-state index in [4.69, 9.17) is 13.9 Å². The number of aromatic nitrogens is 1. The molecule has 1 saturated heterocycles. The van der Waals surface area contributed by atoms with Crippen LogP contribution >= 0.6 is 23.1 Å². The molecule has 7 nitrogen and oxygen atoms in total. The molecular weight excluding hydrogens is 440 g/mol. The predicted molar refractivity (Wildman–Crippen MR) is 121 cm³/mol. The molecule has 2 atom stereocenters. The minimum Gasteiger partial charge on any atom is -0.430 e. The Morgan fingerprint density at radius 3 is 2.67 bits per heavy atom. The van der Waals surface area contributed by atoms with Crippen molar-refractivity contribution in [3.8, 4) is 0 Å². The molecule has 1 aromatic rings. The van der Waals surface area contributed by atoms with Crippen LogP contribution < -0.4 is 0 Å². The highest BCUT2D eigenvalue weighted by Crippen LogP contribution is 2.54. The van der Waals surface area contributed by atoms with Gasteiger partial charge in [-0.2, -0.15) is 0 Å². The third kappa shape index (κ3) is 4.23. The van der Waals surface area contributed by atoms with E-state index in [0.717, 1.165) is 15.5 Å². The summed E-state index contributed by atoms with van der Waals surface area (Å²) >= 11 is 2.96. The Bertz CT molecular complexity index is 890. The maximum Gasteiger partial charge on any atom is 0.515 e. The third-order valence-electron chi connectivity index (χ3n) is 5.69. The fraction of sp³-hybridized carbons (Fsp3) is 0.550. The standard InChI is InChI=1S/C20H28N2O5S2Si/c1-8-9-25-19(24)27-17-15(14-12(2)21-11-28-14)29-18-13(16(23)22(17)18)10-26-30(6,7)20(3,4)5/h8,11,13,18H,1,9-10H2,2-7H3/t13-,18+/m0/s1. The smallest absolute Gasteiger partial charge is 0.430 e. The van der Waals surface area contributed by atoms with Gasteiger partial charge in [0.1, 0.15) is 12.0 Å². The Kier molecular flexibility index (Phi) is 6.52. The van der Waals surface area contributed by atoms with Gasteiger partial charge in [0.25, 0.3) is 0 Å². The van der Waals surface area contributed by atoms with Gasteiger partial charge in [0, 0.05) is 6.61 Å². The normalized spacial score (nSPS) is 21.4. The highest BCUT2D eigenvalue weighted by atomic mass is 32.2. The first-order valence-electron chi connectivity index (χ1n) is 9.72. The number of carbonyl (C=O) groups is 2. The van der Waals surface area contributed by atoms with E-state index in [9.17, 15) is 9.59 Å². The first-order chi connectivity index (χ1) is 14.0. The van der Waals surface area contributed by atoms with Crippen LogP contribution in [0.3, 0.4) is 0 Å². The molecular formula is C20H28N2O5S2Si. The average molecular weight is 469 g/mol. The fourth-order valence-electron chi connectivity index (χ4n) is 2.82. The molecule has 0 unspecified atom stereocenters.